The van der Waals surface area contributed by atoms with Crippen LogP contribution in [0.2, 0.25) is 0 Å². The lowest BCUT2D eigenvalue weighted by molar-refractivity contribution is 0.0930. The highest BCUT2D eigenvalue weighted by Gasteiger charge is 2.14. The second kappa shape index (κ2) is 13.2. The summed E-state index contributed by atoms with van der Waals surface area (Å²) < 4.78 is 0. The molecule has 0 aromatic heterocycles. The van der Waals surface area contributed by atoms with Crippen molar-refractivity contribution in [3.8, 4) is 0 Å². The van der Waals surface area contributed by atoms with Crippen molar-refractivity contribution in [1.29, 1.82) is 0 Å². The molecule has 2 atom stereocenters. The lowest BCUT2D eigenvalue weighted by Gasteiger charge is -2.13. The number of benzene rings is 3. The van der Waals surface area contributed by atoms with Gasteiger partial charge in [0.05, 0.1) is 0 Å². The van der Waals surface area contributed by atoms with Crippen LogP contribution >= 0.6 is 0 Å². The minimum Gasteiger partial charge on any atom is -0.350 e. The van der Waals surface area contributed by atoms with Crippen molar-refractivity contribution < 1.29 is 19.2 Å². The molecular formula is C30H34N4O4. The molecule has 8 heteroatoms. The molecule has 0 bridgehead atoms. The van der Waals surface area contributed by atoms with Crippen molar-refractivity contribution in [3.63, 3.8) is 0 Å². The van der Waals surface area contributed by atoms with Crippen molar-refractivity contribution in [2.75, 3.05) is 10.6 Å². The number of hydrogen-bond donors (Lipinski definition) is 4. The van der Waals surface area contributed by atoms with Crippen molar-refractivity contribution in [2.45, 2.75) is 52.6 Å². The highest BCUT2D eigenvalue weighted by molar-refractivity contribution is 6.08. The maximum Gasteiger partial charge on any atom is 0.255 e. The molecule has 0 saturated heterocycles. The number of rotatable bonds is 10. The van der Waals surface area contributed by atoms with E-state index in [1.165, 1.54) is 0 Å². The molecule has 0 heterocycles. The van der Waals surface area contributed by atoms with Crippen LogP contribution in [0.25, 0.3) is 0 Å². The van der Waals surface area contributed by atoms with Crippen LogP contribution in [0.3, 0.4) is 0 Å². The maximum absolute atomic E-state index is 12.7. The summed E-state index contributed by atoms with van der Waals surface area (Å²) >= 11 is 0. The normalized spacial score (nSPS) is 12.1. The average Bonchev–Trinajstić information content (AvgIpc) is 2.93. The van der Waals surface area contributed by atoms with Gasteiger partial charge in [0.25, 0.3) is 23.6 Å². The van der Waals surface area contributed by atoms with E-state index in [0.29, 0.717) is 33.6 Å². The first kappa shape index (κ1) is 28.1. The monoisotopic (exact) mass is 514 g/mol. The lowest BCUT2D eigenvalue weighted by Crippen LogP contribution is -2.31. The predicted octanol–water partition coefficient (Wildman–Crippen LogP) is 5.25. The van der Waals surface area contributed by atoms with Crippen LogP contribution in [0.4, 0.5) is 11.4 Å². The third kappa shape index (κ3) is 7.77. The summed E-state index contributed by atoms with van der Waals surface area (Å²) in [6.07, 6.45) is 1.64. The quantitative estimate of drug-likeness (QED) is 0.296. The Morgan fingerprint density at radius 2 is 0.921 bits per heavy atom. The lowest BCUT2D eigenvalue weighted by atomic mass is 10.1. The highest BCUT2D eigenvalue weighted by atomic mass is 16.2. The minimum absolute atomic E-state index is 0.0505. The molecule has 3 aromatic carbocycles. The molecule has 2 unspecified atom stereocenters. The predicted molar refractivity (Wildman–Crippen MR) is 150 cm³/mol. The first-order valence-electron chi connectivity index (χ1n) is 12.7. The van der Waals surface area contributed by atoms with Crippen LogP contribution < -0.4 is 21.3 Å². The minimum atomic E-state index is -0.364. The summed E-state index contributed by atoms with van der Waals surface area (Å²) in [6, 6.07) is 19.8. The van der Waals surface area contributed by atoms with Gasteiger partial charge in [-0.05, 0) is 87.4 Å². The molecule has 3 aromatic rings. The highest BCUT2D eigenvalue weighted by Crippen LogP contribution is 2.16. The van der Waals surface area contributed by atoms with E-state index in [2.05, 4.69) is 21.3 Å². The molecule has 0 fully saturated rings. The van der Waals surface area contributed by atoms with Crippen LogP contribution in [0, 0.1) is 0 Å². The summed E-state index contributed by atoms with van der Waals surface area (Å²) in [7, 11) is 0. The molecule has 0 aliphatic rings. The summed E-state index contributed by atoms with van der Waals surface area (Å²) in [6.45, 7) is 7.84. The summed E-state index contributed by atoms with van der Waals surface area (Å²) in [4.78, 5) is 50.2. The van der Waals surface area contributed by atoms with Gasteiger partial charge in [0, 0.05) is 45.7 Å². The fraction of sp³-hybridized carbons (Fsp3) is 0.267. The number of carbonyl (C=O) groups excluding carboxylic acids is 4. The Morgan fingerprint density at radius 3 is 1.26 bits per heavy atom. The van der Waals surface area contributed by atoms with Crippen LogP contribution in [0.5, 0.6) is 0 Å². The van der Waals surface area contributed by atoms with Crippen molar-refractivity contribution in [2.24, 2.45) is 0 Å². The third-order valence-corrected chi connectivity index (χ3v) is 6.15. The summed E-state index contributed by atoms with van der Waals surface area (Å²) in [5.41, 5.74) is 2.62. The Hall–Kier alpha value is -4.46. The molecule has 0 aliphatic carbocycles. The topological polar surface area (TPSA) is 116 Å². The van der Waals surface area contributed by atoms with E-state index < -0.39 is 0 Å². The number of nitrogens with one attached hydrogen (secondary N) is 4. The molecule has 198 valence electrons. The zero-order valence-electron chi connectivity index (χ0n) is 22.1. The number of anilines is 2. The van der Waals surface area contributed by atoms with E-state index >= 15 is 0 Å². The first-order chi connectivity index (χ1) is 18.2. The summed E-state index contributed by atoms with van der Waals surface area (Å²) in [5.74, 6) is -1.13. The van der Waals surface area contributed by atoms with Crippen LogP contribution in [0.1, 0.15) is 82.0 Å². The van der Waals surface area contributed by atoms with E-state index in [9.17, 15) is 19.2 Å². The first-order valence-corrected chi connectivity index (χ1v) is 12.7. The molecule has 0 saturated carbocycles. The SMILES string of the molecule is CCC(C)NC(=O)c1cccc(NC(=O)c2ccc(C(=O)Nc3cccc(C(=O)NC(C)CC)c3)cc2)c1. The standard InChI is InChI=1S/C30H34N4O4/c1-5-19(3)31-29(37)23-9-7-11-25(17-23)33-27(35)21-13-15-22(16-14-21)28(36)34-26-12-8-10-24(18-26)30(38)32-20(4)6-2/h7-20H,5-6H2,1-4H3,(H,31,37)(H,32,38)(H,33,35)(H,34,36). The van der Waals surface area contributed by atoms with Crippen molar-refractivity contribution >= 4 is 35.0 Å². The van der Waals surface area contributed by atoms with Gasteiger partial charge >= 0.3 is 0 Å². The van der Waals surface area contributed by atoms with Gasteiger partial charge in [-0.25, -0.2) is 0 Å². The Balaban J connectivity index is 1.62. The van der Waals surface area contributed by atoms with Gasteiger partial charge in [-0.15, -0.1) is 0 Å². The molecule has 0 aliphatic heterocycles. The van der Waals surface area contributed by atoms with Crippen LogP contribution in [-0.4, -0.2) is 35.7 Å². The van der Waals surface area contributed by atoms with E-state index in [1.54, 1.807) is 72.8 Å². The smallest absolute Gasteiger partial charge is 0.255 e. The molecule has 38 heavy (non-hydrogen) atoms. The fourth-order valence-electron chi connectivity index (χ4n) is 3.47. The molecular weight excluding hydrogens is 480 g/mol. The Morgan fingerprint density at radius 1 is 0.553 bits per heavy atom. The van der Waals surface area contributed by atoms with Crippen LogP contribution in [0.15, 0.2) is 72.8 Å². The second-order valence-corrected chi connectivity index (χ2v) is 9.21. The van der Waals surface area contributed by atoms with Crippen molar-refractivity contribution in [1.82, 2.24) is 10.6 Å². The van der Waals surface area contributed by atoms with E-state index in [4.69, 9.17) is 0 Å². The van der Waals surface area contributed by atoms with Crippen molar-refractivity contribution in [3.05, 3.63) is 95.1 Å². The largest absolute Gasteiger partial charge is 0.350 e. The van der Waals surface area contributed by atoms with Gasteiger partial charge in [-0.1, -0.05) is 26.0 Å². The van der Waals surface area contributed by atoms with Gasteiger partial charge in [0.2, 0.25) is 0 Å². The zero-order chi connectivity index (χ0) is 27.7. The molecule has 3 rings (SSSR count). The zero-order valence-corrected chi connectivity index (χ0v) is 22.1. The molecule has 4 N–H and O–H groups in total. The van der Waals surface area contributed by atoms with Gasteiger partial charge in [0.1, 0.15) is 0 Å². The van der Waals surface area contributed by atoms with Gasteiger partial charge < -0.3 is 21.3 Å². The Labute approximate surface area is 223 Å². The van der Waals surface area contributed by atoms with Gasteiger partial charge in [-0.3, -0.25) is 19.2 Å². The van der Waals surface area contributed by atoms with E-state index in [-0.39, 0.29) is 35.7 Å². The Kier molecular flexibility index (Phi) is 9.76. The van der Waals surface area contributed by atoms with E-state index in [1.807, 2.05) is 27.7 Å². The molecule has 0 spiro atoms. The summed E-state index contributed by atoms with van der Waals surface area (Å²) in [5, 5.41) is 11.4. The molecule has 8 nitrogen and oxygen atoms in total. The molecule has 0 radical (unpaired) electrons. The van der Waals surface area contributed by atoms with Gasteiger partial charge in [0.15, 0.2) is 0 Å². The number of carbonyl (C=O) groups is 4. The fourth-order valence-corrected chi connectivity index (χ4v) is 3.47. The molecule has 4 amide bonds. The third-order valence-electron chi connectivity index (χ3n) is 6.15. The van der Waals surface area contributed by atoms with Crippen LogP contribution in [-0.2, 0) is 0 Å². The van der Waals surface area contributed by atoms with Gasteiger partial charge in [-0.2, -0.15) is 0 Å². The van der Waals surface area contributed by atoms with E-state index in [0.717, 1.165) is 12.8 Å². The number of hydrogen-bond acceptors (Lipinski definition) is 4. The Bertz CT molecular complexity index is 1200. The average molecular weight is 515 g/mol. The maximum atomic E-state index is 12.7. The number of amides is 4. The second-order valence-electron chi connectivity index (χ2n) is 9.21.